The Hall–Kier alpha value is 0.0700. The number of aliphatic hydroxyl groups excluding tert-OH is 1. The monoisotopic (exact) mass is 165 g/mol. The largest absolute Gasteiger partial charge is 0.396 e. The lowest BCUT2D eigenvalue weighted by Crippen LogP contribution is -2.28. The zero-order valence-electron chi connectivity index (χ0n) is 6.25. The van der Waals surface area contributed by atoms with Gasteiger partial charge in [0.15, 0.2) is 0 Å². The highest BCUT2D eigenvalue weighted by Crippen LogP contribution is 1.90. The molecule has 0 rings (SSSR count). The van der Waals surface area contributed by atoms with E-state index in [9.17, 15) is 4.21 Å². The highest BCUT2D eigenvalue weighted by Gasteiger charge is 2.04. The Morgan fingerprint density at radius 3 is 2.70 bits per heavy atom. The normalized spacial score (nSPS) is 16.7. The molecule has 0 aromatic heterocycles. The average Bonchev–Trinajstić information content (AvgIpc) is 1.88. The Morgan fingerprint density at radius 2 is 2.30 bits per heavy atom. The van der Waals surface area contributed by atoms with Gasteiger partial charge in [-0.1, -0.05) is 6.92 Å². The van der Waals surface area contributed by atoms with Gasteiger partial charge in [-0.05, 0) is 6.42 Å². The highest BCUT2D eigenvalue weighted by atomic mass is 32.2. The van der Waals surface area contributed by atoms with Crippen LogP contribution in [0.4, 0.5) is 0 Å². The van der Waals surface area contributed by atoms with Crippen LogP contribution in [0.1, 0.15) is 13.3 Å². The van der Waals surface area contributed by atoms with Crippen LogP contribution < -0.4 is 5.73 Å². The van der Waals surface area contributed by atoms with E-state index in [0.717, 1.165) is 0 Å². The predicted molar refractivity (Wildman–Crippen MR) is 43.2 cm³/mol. The van der Waals surface area contributed by atoms with E-state index in [4.69, 9.17) is 10.8 Å². The summed E-state index contributed by atoms with van der Waals surface area (Å²) in [5.74, 6) is 1.16. The molecule has 0 bridgehead atoms. The summed E-state index contributed by atoms with van der Waals surface area (Å²) in [6.45, 7) is 1.95. The van der Waals surface area contributed by atoms with E-state index in [1.807, 2.05) is 6.92 Å². The minimum absolute atomic E-state index is 0.0854. The predicted octanol–water partition coefficient (Wildman–Crippen LogP) is -0.535. The molecule has 4 heteroatoms. The van der Waals surface area contributed by atoms with Crippen LogP contribution in [0.25, 0.3) is 0 Å². The van der Waals surface area contributed by atoms with Crippen LogP contribution in [0, 0.1) is 0 Å². The van der Waals surface area contributed by atoms with Crippen LogP contribution in [0.3, 0.4) is 0 Å². The van der Waals surface area contributed by atoms with Gasteiger partial charge in [0.1, 0.15) is 0 Å². The molecule has 3 nitrogen and oxygen atoms in total. The van der Waals surface area contributed by atoms with E-state index in [0.29, 0.717) is 17.9 Å². The lowest BCUT2D eigenvalue weighted by molar-refractivity contribution is 0.279. The van der Waals surface area contributed by atoms with Crippen LogP contribution in [0.15, 0.2) is 0 Å². The van der Waals surface area contributed by atoms with Crippen molar-refractivity contribution in [1.82, 2.24) is 0 Å². The first-order chi connectivity index (χ1) is 4.70. The van der Waals surface area contributed by atoms with E-state index >= 15 is 0 Å². The molecule has 0 aliphatic heterocycles. The Balaban J connectivity index is 3.37. The number of hydrogen-bond donors (Lipinski definition) is 2. The van der Waals surface area contributed by atoms with Gasteiger partial charge in [-0.2, -0.15) is 0 Å². The molecule has 2 atom stereocenters. The smallest absolute Gasteiger partial charge is 0.0446 e. The van der Waals surface area contributed by atoms with E-state index < -0.39 is 10.8 Å². The molecule has 62 valence electrons. The molecule has 0 aromatic rings. The molecular formula is C6H15NO2S. The molecule has 0 spiro atoms. The third kappa shape index (κ3) is 4.90. The molecular weight excluding hydrogens is 150 g/mol. The number of rotatable bonds is 5. The van der Waals surface area contributed by atoms with Crippen molar-refractivity contribution in [3.8, 4) is 0 Å². The molecule has 0 heterocycles. The summed E-state index contributed by atoms with van der Waals surface area (Å²) in [5.41, 5.74) is 5.51. The SMILES string of the molecule is CCS(=O)CC(N)CCO. The molecule has 0 saturated carbocycles. The van der Waals surface area contributed by atoms with Gasteiger partial charge in [-0.15, -0.1) is 0 Å². The van der Waals surface area contributed by atoms with Crippen molar-refractivity contribution in [1.29, 1.82) is 0 Å². The molecule has 0 aliphatic rings. The minimum atomic E-state index is -0.795. The maximum atomic E-state index is 10.8. The summed E-state index contributed by atoms with van der Waals surface area (Å²) in [4.78, 5) is 0. The van der Waals surface area contributed by atoms with Crippen LogP contribution in [-0.2, 0) is 10.8 Å². The van der Waals surface area contributed by atoms with E-state index in [-0.39, 0.29) is 12.6 Å². The Bertz CT molecular complexity index is 108. The minimum Gasteiger partial charge on any atom is -0.396 e. The van der Waals surface area contributed by atoms with Crippen molar-refractivity contribution < 1.29 is 9.32 Å². The van der Waals surface area contributed by atoms with Crippen LogP contribution in [0.5, 0.6) is 0 Å². The molecule has 3 N–H and O–H groups in total. The van der Waals surface area contributed by atoms with Crippen molar-refractivity contribution >= 4 is 10.8 Å². The lowest BCUT2D eigenvalue weighted by Gasteiger charge is -2.07. The average molecular weight is 165 g/mol. The lowest BCUT2D eigenvalue weighted by atomic mass is 10.3. The van der Waals surface area contributed by atoms with Gasteiger partial charge in [0.2, 0.25) is 0 Å². The zero-order chi connectivity index (χ0) is 7.98. The maximum Gasteiger partial charge on any atom is 0.0446 e. The van der Waals surface area contributed by atoms with E-state index in [1.54, 1.807) is 0 Å². The van der Waals surface area contributed by atoms with Gasteiger partial charge in [-0.25, -0.2) is 0 Å². The fourth-order valence-corrected chi connectivity index (χ4v) is 1.49. The molecule has 0 aromatic carbocycles. The van der Waals surface area contributed by atoms with Gasteiger partial charge < -0.3 is 10.8 Å². The van der Waals surface area contributed by atoms with Gasteiger partial charge in [-0.3, -0.25) is 4.21 Å². The summed E-state index contributed by atoms with van der Waals surface area (Å²) in [7, 11) is -0.795. The molecule has 0 radical (unpaired) electrons. The fraction of sp³-hybridized carbons (Fsp3) is 1.00. The third-order valence-corrected chi connectivity index (χ3v) is 2.67. The van der Waals surface area contributed by atoms with Crippen molar-refractivity contribution in [2.24, 2.45) is 5.73 Å². The van der Waals surface area contributed by atoms with Crippen LogP contribution in [0.2, 0.25) is 0 Å². The van der Waals surface area contributed by atoms with Gasteiger partial charge in [0.05, 0.1) is 0 Å². The van der Waals surface area contributed by atoms with Crippen molar-refractivity contribution in [2.75, 3.05) is 18.1 Å². The second kappa shape index (κ2) is 5.82. The second-order valence-electron chi connectivity index (χ2n) is 2.17. The number of aliphatic hydroxyl groups is 1. The molecule has 10 heavy (non-hydrogen) atoms. The summed E-state index contributed by atoms with van der Waals surface area (Å²) < 4.78 is 10.8. The van der Waals surface area contributed by atoms with Crippen molar-refractivity contribution in [3.05, 3.63) is 0 Å². The molecule has 2 unspecified atom stereocenters. The van der Waals surface area contributed by atoms with Crippen LogP contribution in [-0.4, -0.2) is 33.5 Å². The molecule has 0 saturated heterocycles. The van der Waals surface area contributed by atoms with Crippen molar-refractivity contribution in [3.63, 3.8) is 0 Å². The third-order valence-electron chi connectivity index (χ3n) is 1.22. The summed E-state index contributed by atoms with van der Waals surface area (Å²) >= 11 is 0. The summed E-state index contributed by atoms with van der Waals surface area (Å²) in [6.07, 6.45) is 0.547. The van der Waals surface area contributed by atoms with Crippen molar-refractivity contribution in [2.45, 2.75) is 19.4 Å². The van der Waals surface area contributed by atoms with Gasteiger partial charge in [0.25, 0.3) is 0 Å². The van der Waals surface area contributed by atoms with Gasteiger partial charge >= 0.3 is 0 Å². The quantitative estimate of drug-likeness (QED) is 0.575. The number of hydrogen-bond acceptors (Lipinski definition) is 3. The van der Waals surface area contributed by atoms with E-state index in [1.165, 1.54) is 0 Å². The zero-order valence-corrected chi connectivity index (χ0v) is 7.06. The first-order valence-corrected chi connectivity index (χ1v) is 4.91. The first kappa shape index (κ1) is 10.1. The topological polar surface area (TPSA) is 63.3 Å². The number of nitrogens with two attached hydrogens (primary N) is 1. The molecule has 0 amide bonds. The molecule has 0 fully saturated rings. The summed E-state index contributed by atoms with van der Waals surface area (Å²) in [5, 5.41) is 8.44. The van der Waals surface area contributed by atoms with E-state index in [2.05, 4.69) is 0 Å². The maximum absolute atomic E-state index is 10.8. The molecule has 0 aliphatic carbocycles. The highest BCUT2D eigenvalue weighted by molar-refractivity contribution is 7.84. The second-order valence-corrected chi connectivity index (χ2v) is 3.96. The Morgan fingerprint density at radius 1 is 1.70 bits per heavy atom. The van der Waals surface area contributed by atoms with Gasteiger partial charge in [0, 0.05) is 35.0 Å². The first-order valence-electron chi connectivity index (χ1n) is 3.42. The standard InChI is InChI=1S/C6H15NO2S/c1-2-10(9)5-6(7)3-4-8/h6,8H,2-5,7H2,1H3. The summed E-state index contributed by atoms with van der Waals surface area (Å²) in [6, 6.07) is -0.106. The fourth-order valence-electron chi connectivity index (χ4n) is 0.606. The van der Waals surface area contributed by atoms with Crippen LogP contribution >= 0.6 is 0 Å². The Kier molecular flexibility index (Phi) is 5.87. The Labute approximate surface area is 64.1 Å².